The largest absolute Gasteiger partial charge is 0.374 e. The summed E-state index contributed by atoms with van der Waals surface area (Å²) in [5.74, 6) is 1.62. The third-order valence-electron chi connectivity index (χ3n) is 4.64. The molecule has 0 spiro atoms. The highest BCUT2D eigenvalue weighted by molar-refractivity contribution is 5.50. The van der Waals surface area contributed by atoms with E-state index in [1.165, 1.54) is 49.0 Å². The van der Waals surface area contributed by atoms with Crippen LogP contribution in [0.3, 0.4) is 0 Å². The van der Waals surface area contributed by atoms with Crippen molar-refractivity contribution in [2.75, 3.05) is 25.0 Å². The van der Waals surface area contributed by atoms with Gasteiger partial charge in [0.25, 0.3) is 0 Å². The monoisotopic (exact) mass is 288 g/mol. The summed E-state index contributed by atoms with van der Waals surface area (Å²) in [4.78, 5) is 2.44. The Morgan fingerprint density at radius 3 is 2.57 bits per heavy atom. The van der Waals surface area contributed by atoms with Crippen molar-refractivity contribution < 1.29 is 0 Å². The minimum absolute atomic E-state index is 0.710. The highest BCUT2D eigenvalue weighted by Gasteiger charge is 2.17. The summed E-state index contributed by atoms with van der Waals surface area (Å²) in [5.41, 5.74) is 4.20. The molecular formula is C19H32N2. The van der Waals surface area contributed by atoms with E-state index in [-0.39, 0.29) is 0 Å². The fraction of sp³-hybridized carbons (Fsp3) is 0.684. The van der Waals surface area contributed by atoms with E-state index in [1.54, 1.807) is 0 Å². The zero-order valence-electron chi connectivity index (χ0n) is 14.3. The van der Waals surface area contributed by atoms with E-state index in [0.29, 0.717) is 5.92 Å². The molecule has 0 aromatic heterocycles. The molecule has 1 saturated carbocycles. The summed E-state index contributed by atoms with van der Waals surface area (Å²) in [5, 5.41) is 3.54. The van der Waals surface area contributed by atoms with Crippen molar-refractivity contribution in [3.05, 3.63) is 29.3 Å². The van der Waals surface area contributed by atoms with Crippen LogP contribution in [0.4, 0.5) is 5.69 Å². The Morgan fingerprint density at radius 2 is 1.95 bits per heavy atom. The minimum Gasteiger partial charge on any atom is -0.374 e. The Hall–Kier alpha value is -1.02. The lowest BCUT2D eigenvalue weighted by Gasteiger charge is -2.24. The number of anilines is 1. The maximum Gasteiger partial charge on any atom is 0.0366 e. The minimum atomic E-state index is 0.710. The van der Waals surface area contributed by atoms with Gasteiger partial charge in [0.15, 0.2) is 0 Å². The van der Waals surface area contributed by atoms with Crippen molar-refractivity contribution in [2.45, 2.75) is 53.0 Å². The fourth-order valence-electron chi connectivity index (χ4n) is 3.30. The fourth-order valence-corrected chi connectivity index (χ4v) is 3.30. The molecule has 0 aliphatic heterocycles. The molecule has 0 heterocycles. The normalized spacial score (nSPS) is 15.9. The number of hydrogen-bond acceptors (Lipinski definition) is 2. The van der Waals surface area contributed by atoms with E-state index < -0.39 is 0 Å². The van der Waals surface area contributed by atoms with Crippen LogP contribution in [0.15, 0.2) is 18.2 Å². The van der Waals surface area contributed by atoms with Crippen LogP contribution in [0, 0.1) is 18.8 Å². The molecular weight excluding hydrogens is 256 g/mol. The molecule has 0 saturated heterocycles. The summed E-state index contributed by atoms with van der Waals surface area (Å²) in [6.07, 6.45) is 5.69. The lowest BCUT2D eigenvalue weighted by Crippen LogP contribution is -2.24. The van der Waals surface area contributed by atoms with Gasteiger partial charge < -0.3 is 10.2 Å². The van der Waals surface area contributed by atoms with Crippen molar-refractivity contribution in [1.82, 2.24) is 5.32 Å². The van der Waals surface area contributed by atoms with Crippen LogP contribution in [0.1, 0.15) is 50.7 Å². The van der Waals surface area contributed by atoms with Gasteiger partial charge in [0.2, 0.25) is 0 Å². The van der Waals surface area contributed by atoms with Crippen LogP contribution in [-0.2, 0) is 6.54 Å². The van der Waals surface area contributed by atoms with E-state index in [1.807, 2.05) is 0 Å². The van der Waals surface area contributed by atoms with Crippen molar-refractivity contribution in [2.24, 2.45) is 11.8 Å². The van der Waals surface area contributed by atoms with Crippen LogP contribution in [0.25, 0.3) is 0 Å². The first-order valence-corrected chi connectivity index (χ1v) is 8.57. The highest BCUT2D eigenvalue weighted by atomic mass is 15.1. The van der Waals surface area contributed by atoms with E-state index in [9.17, 15) is 0 Å². The first kappa shape index (κ1) is 16.4. The van der Waals surface area contributed by atoms with Crippen LogP contribution in [0.2, 0.25) is 0 Å². The van der Waals surface area contributed by atoms with Crippen molar-refractivity contribution in [3.8, 4) is 0 Å². The zero-order valence-corrected chi connectivity index (χ0v) is 14.3. The molecule has 0 radical (unpaired) electrons. The molecule has 2 nitrogen and oxygen atoms in total. The lowest BCUT2D eigenvalue weighted by atomic mass is 10.1. The van der Waals surface area contributed by atoms with Gasteiger partial charge in [0.1, 0.15) is 0 Å². The lowest BCUT2D eigenvalue weighted by molar-refractivity contribution is 0.546. The zero-order chi connectivity index (χ0) is 15.2. The summed E-state index contributed by atoms with van der Waals surface area (Å²) in [7, 11) is 2.24. The average Bonchev–Trinajstić information content (AvgIpc) is 2.93. The third-order valence-corrected chi connectivity index (χ3v) is 4.64. The van der Waals surface area contributed by atoms with Gasteiger partial charge in [-0.2, -0.15) is 0 Å². The van der Waals surface area contributed by atoms with Gasteiger partial charge >= 0.3 is 0 Å². The molecule has 0 bridgehead atoms. The predicted octanol–water partition coefficient (Wildman–Crippen LogP) is 4.37. The van der Waals surface area contributed by atoms with Crippen LogP contribution in [0.5, 0.6) is 0 Å². The first-order chi connectivity index (χ1) is 10.1. The van der Waals surface area contributed by atoms with Crippen LogP contribution >= 0.6 is 0 Å². The number of benzene rings is 1. The smallest absolute Gasteiger partial charge is 0.0366 e. The standard InChI is InChI=1S/C19H32N2/c1-15(2)12-20-13-18-9-10-19(11-16(18)3)21(4)14-17-7-5-6-8-17/h9-11,15,17,20H,5-8,12-14H2,1-4H3. The van der Waals surface area contributed by atoms with Crippen LogP contribution < -0.4 is 10.2 Å². The Morgan fingerprint density at radius 1 is 1.24 bits per heavy atom. The Balaban J connectivity index is 1.90. The van der Waals surface area contributed by atoms with Crippen molar-refractivity contribution >= 4 is 5.69 Å². The molecule has 2 rings (SSSR count). The molecule has 0 unspecified atom stereocenters. The molecule has 1 fully saturated rings. The molecule has 0 amide bonds. The van der Waals surface area contributed by atoms with Gasteiger partial charge in [-0.25, -0.2) is 0 Å². The molecule has 1 N–H and O–H groups in total. The Labute approximate surface area is 130 Å². The topological polar surface area (TPSA) is 15.3 Å². The van der Waals surface area contributed by atoms with Gasteiger partial charge in [-0.3, -0.25) is 0 Å². The summed E-state index contributed by atoms with van der Waals surface area (Å²) in [6.45, 7) is 10.0. The molecule has 2 heteroatoms. The van der Waals surface area contributed by atoms with Gasteiger partial charge in [-0.05, 0) is 61.4 Å². The number of nitrogens with one attached hydrogen (secondary N) is 1. The predicted molar refractivity (Wildman–Crippen MR) is 93.0 cm³/mol. The van der Waals surface area contributed by atoms with E-state index in [0.717, 1.165) is 19.0 Å². The molecule has 1 aliphatic rings. The number of rotatable bonds is 7. The molecule has 1 aromatic carbocycles. The Bertz CT molecular complexity index is 433. The molecule has 21 heavy (non-hydrogen) atoms. The van der Waals surface area contributed by atoms with Crippen molar-refractivity contribution in [3.63, 3.8) is 0 Å². The average molecular weight is 288 g/mol. The second-order valence-corrected chi connectivity index (χ2v) is 7.17. The molecule has 1 aromatic rings. The highest BCUT2D eigenvalue weighted by Crippen LogP contribution is 2.27. The van der Waals surface area contributed by atoms with Gasteiger partial charge in [0.05, 0.1) is 0 Å². The van der Waals surface area contributed by atoms with Crippen molar-refractivity contribution in [1.29, 1.82) is 0 Å². The molecule has 1 aliphatic carbocycles. The Kier molecular flexibility index (Phi) is 6.10. The summed E-state index contributed by atoms with van der Waals surface area (Å²) in [6, 6.07) is 6.93. The number of hydrogen-bond donors (Lipinski definition) is 1. The molecule has 118 valence electrons. The maximum atomic E-state index is 3.54. The number of aryl methyl sites for hydroxylation is 1. The van der Waals surface area contributed by atoms with Gasteiger partial charge in [0, 0.05) is 25.8 Å². The van der Waals surface area contributed by atoms with Gasteiger partial charge in [-0.15, -0.1) is 0 Å². The first-order valence-electron chi connectivity index (χ1n) is 8.57. The van der Waals surface area contributed by atoms with E-state index >= 15 is 0 Å². The molecule has 0 atom stereocenters. The quantitative estimate of drug-likeness (QED) is 0.801. The van der Waals surface area contributed by atoms with E-state index in [4.69, 9.17) is 0 Å². The third kappa shape index (κ3) is 5.03. The van der Waals surface area contributed by atoms with Crippen LogP contribution in [-0.4, -0.2) is 20.1 Å². The second-order valence-electron chi connectivity index (χ2n) is 7.17. The second kappa shape index (κ2) is 7.84. The number of nitrogens with zero attached hydrogens (tertiary/aromatic N) is 1. The SMILES string of the molecule is Cc1cc(N(C)CC2CCCC2)ccc1CNCC(C)C. The maximum absolute atomic E-state index is 3.54. The van der Waals surface area contributed by atoms with Gasteiger partial charge in [-0.1, -0.05) is 32.8 Å². The summed E-state index contributed by atoms with van der Waals surface area (Å²) < 4.78 is 0. The van der Waals surface area contributed by atoms with E-state index in [2.05, 4.69) is 56.2 Å². The summed E-state index contributed by atoms with van der Waals surface area (Å²) >= 11 is 0.